The van der Waals surface area contributed by atoms with Crippen molar-refractivity contribution < 1.29 is 4.79 Å². The van der Waals surface area contributed by atoms with Crippen LogP contribution in [0.15, 0.2) is 29.6 Å². The second kappa shape index (κ2) is 8.36. The van der Waals surface area contributed by atoms with Crippen LogP contribution in [0.3, 0.4) is 0 Å². The van der Waals surface area contributed by atoms with Crippen molar-refractivity contribution in [1.82, 2.24) is 10.2 Å². The molecule has 2 N–H and O–H groups in total. The van der Waals surface area contributed by atoms with E-state index < -0.39 is 0 Å². The number of nitrogens with zero attached hydrogens (tertiary/aromatic N) is 2. The molecule has 0 aliphatic heterocycles. The minimum absolute atomic E-state index is 0.0737. The van der Waals surface area contributed by atoms with Crippen molar-refractivity contribution >= 4 is 28.9 Å². The Morgan fingerprint density at radius 1 is 1.19 bits per heavy atom. The van der Waals surface area contributed by atoms with E-state index in [-0.39, 0.29) is 5.91 Å². The normalized spacial score (nSPS) is 10.3. The van der Waals surface area contributed by atoms with Crippen molar-refractivity contribution in [2.24, 2.45) is 0 Å². The summed E-state index contributed by atoms with van der Waals surface area (Å²) >= 11 is 1.57. The largest absolute Gasteiger partial charge is 0.369 e. The van der Waals surface area contributed by atoms with Gasteiger partial charge in [-0.05, 0) is 30.0 Å². The summed E-state index contributed by atoms with van der Waals surface area (Å²) in [5.74, 6) is 1.15. The molecule has 2 rings (SSSR count). The van der Waals surface area contributed by atoms with E-state index in [2.05, 4.69) is 27.8 Å². The summed E-state index contributed by atoms with van der Waals surface area (Å²) in [6.07, 6.45) is 3.90. The number of unbranched alkanes of at least 4 members (excludes halogenated alkanes) is 2. The minimum Gasteiger partial charge on any atom is -0.369 e. The van der Waals surface area contributed by atoms with Gasteiger partial charge in [0.2, 0.25) is 5.91 Å². The predicted octanol–water partition coefficient (Wildman–Crippen LogP) is 3.32. The molecule has 21 heavy (non-hydrogen) atoms. The number of aromatic nitrogens is 2. The summed E-state index contributed by atoms with van der Waals surface area (Å²) in [6, 6.07) is 7.48. The maximum Gasteiger partial charge on any atom is 0.230 e. The zero-order valence-electron chi connectivity index (χ0n) is 12.1. The third-order valence-corrected chi connectivity index (χ3v) is 3.81. The molecule has 0 spiro atoms. The molecule has 1 amide bonds. The van der Waals surface area contributed by atoms with E-state index in [0.717, 1.165) is 23.7 Å². The molecule has 0 atom stereocenters. The first-order valence-electron chi connectivity index (χ1n) is 7.17. The van der Waals surface area contributed by atoms with Gasteiger partial charge in [-0.1, -0.05) is 25.8 Å². The van der Waals surface area contributed by atoms with Crippen molar-refractivity contribution in [3.05, 3.63) is 34.5 Å². The molecule has 0 bridgehead atoms. The zero-order chi connectivity index (χ0) is 14.9. The van der Waals surface area contributed by atoms with E-state index in [1.54, 1.807) is 17.4 Å². The number of carbonyl (C=O) groups is 1. The van der Waals surface area contributed by atoms with E-state index in [1.165, 1.54) is 12.8 Å². The molecule has 0 radical (unpaired) electrons. The minimum atomic E-state index is -0.0737. The molecule has 2 heterocycles. The number of hydrogen-bond donors (Lipinski definition) is 2. The number of hydrogen-bond acceptors (Lipinski definition) is 5. The molecule has 0 saturated carbocycles. The lowest BCUT2D eigenvalue weighted by atomic mass is 10.2. The van der Waals surface area contributed by atoms with Gasteiger partial charge in [0.25, 0.3) is 0 Å². The van der Waals surface area contributed by atoms with E-state index in [9.17, 15) is 4.79 Å². The molecule has 0 fully saturated rings. The second-order valence-corrected chi connectivity index (χ2v) is 5.77. The fraction of sp³-hybridized carbons (Fsp3) is 0.400. The third kappa shape index (κ3) is 5.51. The highest BCUT2D eigenvalue weighted by molar-refractivity contribution is 7.10. The van der Waals surface area contributed by atoms with Gasteiger partial charge in [-0.25, -0.2) is 0 Å². The third-order valence-electron chi connectivity index (χ3n) is 2.93. The van der Waals surface area contributed by atoms with Crippen molar-refractivity contribution in [2.75, 3.05) is 17.2 Å². The van der Waals surface area contributed by atoms with Gasteiger partial charge in [-0.3, -0.25) is 4.79 Å². The maximum atomic E-state index is 11.8. The number of nitrogens with one attached hydrogen (secondary N) is 2. The van der Waals surface area contributed by atoms with Crippen LogP contribution in [0.4, 0.5) is 11.6 Å². The van der Waals surface area contributed by atoms with Crippen LogP contribution < -0.4 is 10.6 Å². The average molecular weight is 304 g/mol. The number of carbonyl (C=O) groups excluding carboxylic acids is 1. The van der Waals surface area contributed by atoms with Crippen molar-refractivity contribution in [2.45, 2.75) is 32.6 Å². The summed E-state index contributed by atoms with van der Waals surface area (Å²) < 4.78 is 0. The topological polar surface area (TPSA) is 66.9 Å². The van der Waals surface area contributed by atoms with Gasteiger partial charge in [0.15, 0.2) is 5.82 Å². The zero-order valence-corrected chi connectivity index (χ0v) is 12.9. The van der Waals surface area contributed by atoms with E-state index >= 15 is 0 Å². The fourth-order valence-electron chi connectivity index (χ4n) is 1.84. The molecule has 5 nitrogen and oxygen atoms in total. The summed E-state index contributed by atoms with van der Waals surface area (Å²) in [4.78, 5) is 12.9. The standard InChI is InChI=1S/C15H20N4OS/c1-2-3-4-9-16-13-7-8-14(19-18-13)17-15(20)11-12-6-5-10-21-12/h5-8,10H,2-4,9,11H2,1H3,(H,16,18)(H,17,19,20). The molecule has 6 heteroatoms. The van der Waals surface area contributed by atoms with Crippen LogP contribution in [0.2, 0.25) is 0 Å². The smallest absolute Gasteiger partial charge is 0.230 e. The van der Waals surface area contributed by atoms with Crippen LogP contribution >= 0.6 is 11.3 Å². The van der Waals surface area contributed by atoms with Gasteiger partial charge in [0.1, 0.15) is 5.82 Å². The van der Waals surface area contributed by atoms with E-state index in [0.29, 0.717) is 12.2 Å². The van der Waals surface area contributed by atoms with Crippen LogP contribution in [-0.4, -0.2) is 22.6 Å². The Hall–Kier alpha value is -1.95. The Balaban J connectivity index is 1.77. The number of thiophene rings is 1. The van der Waals surface area contributed by atoms with Crippen molar-refractivity contribution in [3.8, 4) is 0 Å². The van der Waals surface area contributed by atoms with Gasteiger partial charge >= 0.3 is 0 Å². The van der Waals surface area contributed by atoms with Crippen LogP contribution in [0, 0.1) is 0 Å². The monoisotopic (exact) mass is 304 g/mol. The maximum absolute atomic E-state index is 11.8. The molecule has 0 unspecified atom stereocenters. The van der Waals surface area contributed by atoms with E-state index in [4.69, 9.17) is 0 Å². The van der Waals surface area contributed by atoms with Gasteiger partial charge in [0.05, 0.1) is 6.42 Å². The molecule has 0 aromatic carbocycles. The fourth-order valence-corrected chi connectivity index (χ4v) is 2.55. The predicted molar refractivity (Wildman–Crippen MR) is 86.7 cm³/mol. The molecule has 0 aliphatic carbocycles. The average Bonchev–Trinajstić information content (AvgIpc) is 2.98. The quantitative estimate of drug-likeness (QED) is 0.734. The number of rotatable bonds is 8. The Kier molecular flexibility index (Phi) is 6.15. The lowest BCUT2D eigenvalue weighted by molar-refractivity contribution is -0.115. The van der Waals surface area contributed by atoms with Crippen LogP contribution in [0.1, 0.15) is 31.1 Å². The molecular weight excluding hydrogens is 284 g/mol. The lowest BCUT2D eigenvalue weighted by Crippen LogP contribution is -2.15. The highest BCUT2D eigenvalue weighted by Crippen LogP contribution is 2.11. The summed E-state index contributed by atoms with van der Waals surface area (Å²) in [5.41, 5.74) is 0. The van der Waals surface area contributed by atoms with Gasteiger partial charge in [0, 0.05) is 11.4 Å². The van der Waals surface area contributed by atoms with Crippen LogP contribution in [0.25, 0.3) is 0 Å². The Labute approximate surface area is 128 Å². The van der Waals surface area contributed by atoms with Crippen LogP contribution in [0.5, 0.6) is 0 Å². The van der Waals surface area contributed by atoms with Gasteiger partial charge in [-0.2, -0.15) is 0 Å². The SMILES string of the molecule is CCCCCNc1ccc(NC(=O)Cc2cccs2)nn1. The first-order valence-corrected chi connectivity index (χ1v) is 8.05. The Morgan fingerprint density at radius 3 is 2.67 bits per heavy atom. The molecule has 2 aromatic heterocycles. The molecular formula is C15H20N4OS. The lowest BCUT2D eigenvalue weighted by Gasteiger charge is -2.06. The van der Waals surface area contributed by atoms with Crippen molar-refractivity contribution in [3.63, 3.8) is 0 Å². The molecule has 2 aromatic rings. The second-order valence-electron chi connectivity index (χ2n) is 4.74. The van der Waals surface area contributed by atoms with E-state index in [1.807, 2.05) is 23.6 Å². The summed E-state index contributed by atoms with van der Waals surface area (Å²) in [6.45, 7) is 3.07. The Morgan fingerprint density at radius 2 is 2.00 bits per heavy atom. The molecule has 0 aliphatic rings. The molecule has 112 valence electrons. The highest BCUT2D eigenvalue weighted by Gasteiger charge is 2.06. The van der Waals surface area contributed by atoms with Crippen molar-refractivity contribution in [1.29, 1.82) is 0 Å². The van der Waals surface area contributed by atoms with Gasteiger partial charge < -0.3 is 10.6 Å². The first-order chi connectivity index (χ1) is 10.3. The molecule has 0 saturated heterocycles. The number of amides is 1. The Bertz CT molecular complexity index is 539. The summed E-state index contributed by atoms with van der Waals surface area (Å²) in [5, 5.41) is 16.0. The van der Waals surface area contributed by atoms with Crippen LogP contribution in [-0.2, 0) is 11.2 Å². The summed E-state index contributed by atoms with van der Waals surface area (Å²) in [7, 11) is 0. The number of anilines is 2. The first kappa shape index (κ1) is 15.4. The highest BCUT2D eigenvalue weighted by atomic mass is 32.1. The van der Waals surface area contributed by atoms with Gasteiger partial charge in [-0.15, -0.1) is 21.5 Å².